The highest BCUT2D eigenvalue weighted by Crippen LogP contribution is 2.07. The summed E-state index contributed by atoms with van der Waals surface area (Å²) < 4.78 is 2.39. The van der Waals surface area contributed by atoms with E-state index in [2.05, 4.69) is 0 Å². The average Bonchev–Trinajstić information content (AvgIpc) is 2.33. The average molecular weight is 361 g/mol. The monoisotopic (exact) mass is 360 g/mol. The maximum Gasteiger partial charge on any atom is 0.357 e. The van der Waals surface area contributed by atoms with E-state index in [1.54, 1.807) is 12.1 Å². The fourth-order valence-electron chi connectivity index (χ4n) is 1.24. The zero-order chi connectivity index (χ0) is 12.3. The van der Waals surface area contributed by atoms with Crippen LogP contribution in [0.3, 0.4) is 0 Å². The summed E-state index contributed by atoms with van der Waals surface area (Å²) in [4.78, 5) is 10.1. The maximum atomic E-state index is 10.5. The van der Waals surface area contributed by atoms with Crippen LogP contribution in [0.2, 0.25) is 5.02 Å². The van der Waals surface area contributed by atoms with Crippen LogP contribution in [0.15, 0.2) is 48.5 Å². The van der Waals surface area contributed by atoms with Crippen molar-refractivity contribution in [2.24, 2.45) is 0 Å². The summed E-state index contributed by atoms with van der Waals surface area (Å²) in [6.07, 6.45) is 0. The molecule has 2 rings (SSSR count). The highest BCUT2D eigenvalue weighted by atomic mass is 127. The van der Waals surface area contributed by atoms with Crippen LogP contribution in [0, 0.1) is 17.3 Å². The lowest BCUT2D eigenvalue weighted by Gasteiger charge is -1.90. The quantitative estimate of drug-likeness (QED) is 0.451. The van der Waals surface area contributed by atoms with Crippen LogP contribution >= 0.6 is 11.6 Å². The topological polar surface area (TPSA) is 43.1 Å². The van der Waals surface area contributed by atoms with Crippen LogP contribution in [-0.2, 0) is 0 Å². The Bertz CT molecular complexity index is 525. The zero-order valence-corrected chi connectivity index (χ0v) is 11.6. The molecule has 2 aromatic rings. The number of non-ortho nitro benzene ring substituents is 1. The number of hydrogen-bond donors (Lipinski definition) is 0. The van der Waals surface area contributed by atoms with Gasteiger partial charge in [0.2, 0.25) is 0 Å². The summed E-state index contributed by atoms with van der Waals surface area (Å²) in [6, 6.07) is 14.5. The van der Waals surface area contributed by atoms with E-state index < -0.39 is 0 Å². The van der Waals surface area contributed by atoms with Gasteiger partial charge in [-0.2, -0.15) is 0 Å². The molecule has 0 aliphatic heterocycles. The number of nitro groups is 1. The Hall–Kier alpha value is -1.14. The third-order valence-corrected chi connectivity index (χ3v) is 5.00. The second-order valence-corrected chi connectivity index (χ2v) is 6.73. The van der Waals surface area contributed by atoms with Crippen molar-refractivity contribution in [1.82, 2.24) is 0 Å². The number of hydrogen-bond acceptors (Lipinski definition) is 2. The molecular formula is C12H8ClINO2+. The fraction of sp³-hybridized carbons (Fsp3) is 0. The minimum atomic E-state index is -0.385. The van der Waals surface area contributed by atoms with Crippen molar-refractivity contribution < 1.29 is 26.1 Å². The van der Waals surface area contributed by atoms with Crippen molar-refractivity contribution in [2.45, 2.75) is 0 Å². The maximum absolute atomic E-state index is 10.5. The highest BCUT2D eigenvalue weighted by molar-refractivity contribution is 6.30. The molecule has 0 atom stereocenters. The number of rotatable bonds is 3. The molecule has 0 saturated carbocycles. The minimum absolute atomic E-state index is 0.133. The largest absolute Gasteiger partial charge is 0.357 e. The van der Waals surface area contributed by atoms with Crippen molar-refractivity contribution in [3.63, 3.8) is 0 Å². The lowest BCUT2D eigenvalue weighted by atomic mass is 10.3. The molecule has 0 N–H and O–H groups in total. The Morgan fingerprint density at radius 3 is 1.88 bits per heavy atom. The Balaban J connectivity index is 2.13. The van der Waals surface area contributed by atoms with E-state index in [-0.39, 0.29) is 31.8 Å². The van der Waals surface area contributed by atoms with E-state index in [9.17, 15) is 10.1 Å². The molecule has 17 heavy (non-hydrogen) atoms. The summed E-state index contributed by atoms with van der Waals surface area (Å²) in [5, 5.41) is 11.2. The Labute approximate surface area is 114 Å². The Morgan fingerprint density at radius 2 is 1.41 bits per heavy atom. The van der Waals surface area contributed by atoms with Crippen molar-refractivity contribution in [3.05, 3.63) is 70.8 Å². The summed E-state index contributed by atoms with van der Waals surface area (Å²) in [7, 11) is 0. The molecule has 2 aromatic carbocycles. The summed E-state index contributed by atoms with van der Waals surface area (Å²) in [5.41, 5.74) is 0.133. The van der Waals surface area contributed by atoms with Gasteiger partial charge in [-0.1, -0.05) is 11.6 Å². The molecule has 0 aliphatic rings. The summed E-state index contributed by atoms with van der Waals surface area (Å²) >= 11 is 5.51. The molecule has 0 spiro atoms. The lowest BCUT2D eigenvalue weighted by Crippen LogP contribution is -3.61. The highest BCUT2D eigenvalue weighted by Gasteiger charge is 2.16. The van der Waals surface area contributed by atoms with Gasteiger partial charge in [0, 0.05) is 17.2 Å². The Kier molecular flexibility index (Phi) is 3.96. The fourth-order valence-corrected chi connectivity index (χ4v) is 3.53. The standard InChI is InChI=1S/C12H8ClINO2/c13-9-1-3-10(4-2-9)14-11-5-7-12(8-6-11)15(16)17/h1-8H/q+1. The first-order valence-electron chi connectivity index (χ1n) is 4.80. The number of nitrogens with zero attached hydrogens (tertiary/aromatic N) is 1. The van der Waals surface area contributed by atoms with Crippen LogP contribution < -0.4 is 21.2 Å². The van der Waals surface area contributed by atoms with Gasteiger partial charge in [0.15, 0.2) is 7.14 Å². The van der Waals surface area contributed by atoms with Crippen molar-refractivity contribution in [2.75, 3.05) is 0 Å². The Morgan fingerprint density at radius 1 is 0.941 bits per heavy atom. The molecule has 0 amide bonds. The minimum Gasteiger partial charge on any atom is -0.258 e. The first-order valence-corrected chi connectivity index (χ1v) is 7.33. The third-order valence-electron chi connectivity index (χ3n) is 2.06. The molecular weight excluding hydrogens is 352 g/mol. The van der Waals surface area contributed by atoms with Crippen LogP contribution in [0.25, 0.3) is 0 Å². The van der Waals surface area contributed by atoms with E-state index in [0.717, 1.165) is 8.59 Å². The molecule has 0 aliphatic carbocycles. The van der Waals surface area contributed by atoms with Crippen LogP contribution in [0.1, 0.15) is 0 Å². The van der Waals surface area contributed by atoms with Crippen LogP contribution in [-0.4, -0.2) is 4.92 Å². The predicted molar refractivity (Wildman–Crippen MR) is 61.9 cm³/mol. The van der Waals surface area contributed by atoms with Gasteiger partial charge in [-0.3, -0.25) is 10.1 Å². The van der Waals surface area contributed by atoms with E-state index in [4.69, 9.17) is 11.6 Å². The zero-order valence-electron chi connectivity index (χ0n) is 8.64. The normalized spacial score (nSPS) is 10.2. The number of nitro benzene ring substituents is 1. The smallest absolute Gasteiger partial charge is 0.258 e. The molecule has 0 aromatic heterocycles. The van der Waals surface area contributed by atoms with E-state index in [0.29, 0.717) is 0 Å². The molecule has 0 heterocycles. The molecule has 0 bridgehead atoms. The van der Waals surface area contributed by atoms with Gasteiger partial charge in [-0.05, 0) is 36.4 Å². The second-order valence-electron chi connectivity index (χ2n) is 3.26. The third kappa shape index (κ3) is 3.41. The van der Waals surface area contributed by atoms with Gasteiger partial charge in [-0.15, -0.1) is 0 Å². The van der Waals surface area contributed by atoms with Crippen LogP contribution in [0.4, 0.5) is 5.69 Å². The number of halogens is 2. The van der Waals surface area contributed by atoms with Gasteiger partial charge in [0.1, 0.15) is 0 Å². The van der Waals surface area contributed by atoms with Crippen molar-refractivity contribution in [3.8, 4) is 0 Å². The van der Waals surface area contributed by atoms with Crippen LogP contribution in [0.5, 0.6) is 0 Å². The van der Waals surface area contributed by atoms with Gasteiger partial charge in [0.05, 0.1) is 4.92 Å². The first-order chi connectivity index (χ1) is 8.15. The molecule has 0 radical (unpaired) electrons. The van der Waals surface area contributed by atoms with E-state index in [1.165, 1.54) is 3.57 Å². The van der Waals surface area contributed by atoms with Gasteiger partial charge in [0.25, 0.3) is 5.69 Å². The van der Waals surface area contributed by atoms with E-state index in [1.807, 2.05) is 36.4 Å². The van der Waals surface area contributed by atoms with Gasteiger partial charge >= 0.3 is 21.2 Å². The van der Waals surface area contributed by atoms with Gasteiger partial charge < -0.3 is 0 Å². The molecule has 3 nitrogen and oxygen atoms in total. The molecule has 5 heteroatoms. The second kappa shape index (κ2) is 5.46. The van der Waals surface area contributed by atoms with Crippen molar-refractivity contribution >= 4 is 17.3 Å². The molecule has 86 valence electrons. The molecule has 0 unspecified atom stereocenters. The molecule has 0 fully saturated rings. The van der Waals surface area contributed by atoms with Crippen molar-refractivity contribution in [1.29, 1.82) is 0 Å². The lowest BCUT2D eigenvalue weighted by molar-refractivity contribution is -0.597. The van der Waals surface area contributed by atoms with Gasteiger partial charge in [-0.25, -0.2) is 0 Å². The SMILES string of the molecule is O=[N+]([O-])c1ccc([I+]c2ccc(Cl)cc2)cc1. The summed E-state index contributed by atoms with van der Waals surface area (Å²) in [5.74, 6) is 0. The van der Waals surface area contributed by atoms with E-state index >= 15 is 0 Å². The first kappa shape index (κ1) is 12.3. The summed E-state index contributed by atoms with van der Waals surface area (Å²) in [6.45, 7) is 0. The number of benzene rings is 2. The molecule has 0 saturated heterocycles. The predicted octanol–water partition coefficient (Wildman–Crippen LogP) is 0.377.